The Hall–Kier alpha value is -1.65. The Balaban J connectivity index is 1.69. The maximum atomic E-state index is 12.9. The summed E-state index contributed by atoms with van der Waals surface area (Å²) in [7, 11) is 0. The molecule has 1 amide bonds. The number of nitrogens with one attached hydrogen (secondary N) is 1. The zero-order valence-corrected chi connectivity index (χ0v) is 17.4. The van der Waals surface area contributed by atoms with Crippen molar-refractivity contribution in [2.24, 2.45) is 17.3 Å². The average molecular weight is 371 g/mol. The van der Waals surface area contributed by atoms with E-state index in [2.05, 4.69) is 75.2 Å². The number of morpholine rings is 1. The van der Waals surface area contributed by atoms with E-state index in [9.17, 15) is 4.79 Å². The molecule has 1 aliphatic heterocycles. The first kappa shape index (κ1) is 20.1. The zero-order chi connectivity index (χ0) is 19.6. The normalized spacial score (nSPS) is 25.5. The number of carbonyl (C=O) groups is 1. The number of benzene rings is 1. The highest BCUT2D eigenvalue weighted by Gasteiger charge is 2.60. The summed E-state index contributed by atoms with van der Waals surface area (Å²) in [6, 6.07) is 8.83. The highest BCUT2D eigenvalue weighted by atomic mass is 16.5. The summed E-state index contributed by atoms with van der Waals surface area (Å²) in [4.78, 5) is 15.3. The van der Waals surface area contributed by atoms with Crippen molar-refractivity contribution in [1.82, 2.24) is 10.2 Å². The molecule has 2 fully saturated rings. The maximum Gasteiger partial charge on any atom is 0.224 e. The van der Waals surface area contributed by atoms with Crippen molar-refractivity contribution in [3.63, 3.8) is 0 Å². The van der Waals surface area contributed by atoms with Gasteiger partial charge in [0, 0.05) is 19.6 Å². The van der Waals surface area contributed by atoms with Gasteiger partial charge in [-0.05, 0) is 37.7 Å². The fraction of sp³-hybridized carbons (Fsp3) is 0.609. The average Bonchev–Trinajstić information content (AvgIpc) is 3.15. The molecule has 0 spiro atoms. The van der Waals surface area contributed by atoms with Gasteiger partial charge in [0.1, 0.15) is 0 Å². The van der Waals surface area contributed by atoms with E-state index in [0.29, 0.717) is 12.5 Å². The molecule has 0 bridgehead atoms. The van der Waals surface area contributed by atoms with E-state index in [-0.39, 0.29) is 23.3 Å². The lowest BCUT2D eigenvalue weighted by Gasteiger charge is -2.35. The van der Waals surface area contributed by atoms with Gasteiger partial charge in [-0.25, -0.2) is 0 Å². The molecule has 27 heavy (non-hydrogen) atoms. The minimum Gasteiger partial charge on any atom is -0.379 e. The highest BCUT2D eigenvalue weighted by Crippen LogP contribution is 2.59. The first-order valence-electron chi connectivity index (χ1n) is 10.1. The number of hydrogen-bond donors (Lipinski definition) is 1. The number of rotatable bonds is 6. The molecule has 1 saturated carbocycles. The fourth-order valence-corrected chi connectivity index (χ4v) is 4.38. The Morgan fingerprint density at radius 1 is 1.33 bits per heavy atom. The summed E-state index contributed by atoms with van der Waals surface area (Å²) in [5.74, 6) is 0.618. The molecule has 1 aromatic rings. The third-order valence-electron chi connectivity index (χ3n) is 6.09. The lowest BCUT2D eigenvalue weighted by Crippen LogP contribution is -2.44. The Bertz CT molecular complexity index is 700. The van der Waals surface area contributed by atoms with Crippen LogP contribution >= 0.6 is 0 Å². The first-order chi connectivity index (χ1) is 12.8. The monoisotopic (exact) mass is 370 g/mol. The number of allylic oxidation sites excluding steroid dienone is 2. The molecular formula is C23H34N2O2. The summed E-state index contributed by atoms with van der Waals surface area (Å²) < 4.78 is 5.53. The van der Waals surface area contributed by atoms with Crippen LogP contribution in [0.3, 0.4) is 0 Å². The van der Waals surface area contributed by atoms with Crippen LogP contribution in [0.15, 0.2) is 35.9 Å². The van der Waals surface area contributed by atoms with Gasteiger partial charge in [-0.3, -0.25) is 9.69 Å². The van der Waals surface area contributed by atoms with Crippen molar-refractivity contribution >= 4 is 5.91 Å². The molecule has 1 saturated heterocycles. The van der Waals surface area contributed by atoms with E-state index >= 15 is 0 Å². The third-order valence-corrected chi connectivity index (χ3v) is 6.09. The van der Waals surface area contributed by atoms with E-state index in [1.807, 2.05) is 0 Å². The van der Waals surface area contributed by atoms with Gasteiger partial charge in [0.05, 0.1) is 25.2 Å². The fourth-order valence-electron chi connectivity index (χ4n) is 4.38. The molecule has 4 nitrogen and oxygen atoms in total. The van der Waals surface area contributed by atoms with Crippen LogP contribution in [0.2, 0.25) is 0 Å². The van der Waals surface area contributed by atoms with Gasteiger partial charge in [0.15, 0.2) is 0 Å². The maximum absolute atomic E-state index is 12.9. The molecule has 1 aromatic carbocycles. The van der Waals surface area contributed by atoms with Crippen LogP contribution in [0.1, 0.15) is 44.9 Å². The molecule has 1 aliphatic carbocycles. The van der Waals surface area contributed by atoms with Gasteiger partial charge in [-0.2, -0.15) is 0 Å². The second-order valence-electron chi connectivity index (χ2n) is 8.89. The van der Waals surface area contributed by atoms with E-state index in [1.165, 1.54) is 16.7 Å². The smallest absolute Gasteiger partial charge is 0.224 e. The van der Waals surface area contributed by atoms with Gasteiger partial charge in [-0.1, -0.05) is 55.3 Å². The van der Waals surface area contributed by atoms with E-state index in [0.717, 1.165) is 26.3 Å². The molecule has 2 aliphatic rings. The minimum atomic E-state index is 0.0547. The molecule has 0 radical (unpaired) electrons. The summed E-state index contributed by atoms with van der Waals surface area (Å²) >= 11 is 0. The predicted octanol–water partition coefficient (Wildman–Crippen LogP) is 3.72. The second-order valence-corrected chi connectivity index (χ2v) is 8.89. The molecule has 0 aromatic heterocycles. The molecule has 148 valence electrons. The number of carbonyl (C=O) groups excluding carboxylic acids is 1. The van der Waals surface area contributed by atoms with Gasteiger partial charge < -0.3 is 10.1 Å². The van der Waals surface area contributed by atoms with E-state index in [4.69, 9.17) is 4.74 Å². The highest BCUT2D eigenvalue weighted by molar-refractivity contribution is 5.83. The minimum absolute atomic E-state index is 0.0547. The van der Waals surface area contributed by atoms with Gasteiger partial charge in [0.2, 0.25) is 5.91 Å². The van der Waals surface area contributed by atoms with Crippen LogP contribution in [-0.4, -0.2) is 43.7 Å². The summed E-state index contributed by atoms with van der Waals surface area (Å²) in [6.07, 6.45) is 2.25. The Labute approximate surface area is 164 Å². The van der Waals surface area contributed by atoms with Crippen LogP contribution < -0.4 is 5.32 Å². The van der Waals surface area contributed by atoms with Crippen LogP contribution in [0.25, 0.3) is 0 Å². The van der Waals surface area contributed by atoms with Crippen molar-refractivity contribution in [1.29, 1.82) is 0 Å². The lowest BCUT2D eigenvalue weighted by atomic mass is 10.0. The summed E-state index contributed by atoms with van der Waals surface area (Å²) in [5, 5.41) is 3.27. The summed E-state index contributed by atoms with van der Waals surface area (Å²) in [6.45, 7) is 14.7. The quantitative estimate of drug-likeness (QED) is 0.776. The van der Waals surface area contributed by atoms with Gasteiger partial charge in [-0.15, -0.1) is 0 Å². The molecule has 1 heterocycles. The van der Waals surface area contributed by atoms with Gasteiger partial charge >= 0.3 is 0 Å². The number of nitrogens with zero attached hydrogens (tertiary/aromatic N) is 1. The van der Waals surface area contributed by atoms with Crippen molar-refractivity contribution in [2.75, 3.05) is 32.8 Å². The Morgan fingerprint density at radius 3 is 2.67 bits per heavy atom. The van der Waals surface area contributed by atoms with Crippen LogP contribution in [-0.2, 0) is 9.53 Å². The summed E-state index contributed by atoms with van der Waals surface area (Å²) in [5.41, 5.74) is 3.87. The third kappa shape index (κ3) is 4.61. The number of hydrogen-bond acceptors (Lipinski definition) is 3. The topological polar surface area (TPSA) is 41.6 Å². The van der Waals surface area contributed by atoms with Crippen molar-refractivity contribution in [3.8, 4) is 0 Å². The predicted molar refractivity (Wildman–Crippen MR) is 110 cm³/mol. The Morgan fingerprint density at radius 2 is 2.04 bits per heavy atom. The number of aryl methyl sites for hydroxylation is 1. The first-order valence-corrected chi connectivity index (χ1v) is 10.1. The Kier molecular flexibility index (Phi) is 6.07. The van der Waals surface area contributed by atoms with Crippen molar-refractivity contribution in [2.45, 2.75) is 40.7 Å². The standard InChI is InChI=1S/C23H34N2O2/c1-16(2)13-19-21(23(19,4)5)22(26)24-15-20(25-9-11-27-12-10-25)18-8-6-7-17(3)14-18/h6-8,13-14,19-21H,9-12,15H2,1-5H3,(H,24,26). The number of amides is 1. The van der Waals surface area contributed by atoms with Crippen LogP contribution in [0.4, 0.5) is 0 Å². The molecule has 4 heteroatoms. The SMILES string of the molecule is CC(C)=CC1C(C(=O)NCC(c2cccc(C)c2)N2CCOCC2)C1(C)C. The van der Waals surface area contributed by atoms with Crippen LogP contribution in [0, 0.1) is 24.2 Å². The number of ether oxygens (including phenoxy) is 1. The molecule has 3 rings (SSSR count). The van der Waals surface area contributed by atoms with Crippen molar-refractivity contribution in [3.05, 3.63) is 47.0 Å². The van der Waals surface area contributed by atoms with Crippen molar-refractivity contribution < 1.29 is 9.53 Å². The van der Waals surface area contributed by atoms with Gasteiger partial charge in [0.25, 0.3) is 0 Å². The largest absolute Gasteiger partial charge is 0.379 e. The molecule has 3 unspecified atom stereocenters. The molecule has 3 atom stereocenters. The molecule has 1 N–H and O–H groups in total. The van der Waals surface area contributed by atoms with Crippen LogP contribution in [0.5, 0.6) is 0 Å². The second kappa shape index (κ2) is 8.15. The van der Waals surface area contributed by atoms with E-state index < -0.39 is 0 Å². The van der Waals surface area contributed by atoms with E-state index in [1.54, 1.807) is 0 Å². The molecular weight excluding hydrogens is 336 g/mol. The zero-order valence-electron chi connectivity index (χ0n) is 17.4. The lowest BCUT2D eigenvalue weighted by molar-refractivity contribution is -0.123.